The van der Waals surface area contributed by atoms with Crippen molar-refractivity contribution in [2.24, 2.45) is 0 Å². The van der Waals surface area contributed by atoms with Crippen molar-refractivity contribution < 1.29 is 0 Å². The molecule has 0 spiro atoms. The smallest absolute Gasteiger partial charge is 0.155 e. The number of nitrogens with zero attached hydrogens (tertiary/aromatic N) is 3. The van der Waals surface area contributed by atoms with Gasteiger partial charge < -0.3 is 4.40 Å². The molecule has 0 bridgehead atoms. The summed E-state index contributed by atoms with van der Waals surface area (Å²) in [7, 11) is 0. The van der Waals surface area contributed by atoms with Crippen LogP contribution in [-0.2, 0) is 6.42 Å². The molecule has 2 heterocycles. The SMILES string of the molecule is CCc1cnc2cnccn12. The van der Waals surface area contributed by atoms with E-state index in [0.717, 1.165) is 12.1 Å². The summed E-state index contributed by atoms with van der Waals surface area (Å²) in [6, 6.07) is 0. The summed E-state index contributed by atoms with van der Waals surface area (Å²) < 4.78 is 2.05. The van der Waals surface area contributed by atoms with Crippen LogP contribution in [0.5, 0.6) is 0 Å². The van der Waals surface area contributed by atoms with Crippen molar-refractivity contribution in [1.29, 1.82) is 0 Å². The van der Waals surface area contributed by atoms with Gasteiger partial charge in [-0.3, -0.25) is 4.98 Å². The number of fused-ring (bicyclic) bond motifs is 1. The van der Waals surface area contributed by atoms with Gasteiger partial charge in [-0.25, -0.2) is 4.98 Å². The van der Waals surface area contributed by atoms with Crippen molar-refractivity contribution in [1.82, 2.24) is 14.4 Å². The Labute approximate surface area is 64.7 Å². The van der Waals surface area contributed by atoms with E-state index in [0.29, 0.717) is 0 Å². The first-order valence-corrected chi connectivity index (χ1v) is 3.67. The standard InChI is InChI=1S/C8H9N3/c1-2-7-5-10-8-6-9-3-4-11(7)8/h3-6H,2H2,1H3. The number of hydrogen-bond acceptors (Lipinski definition) is 2. The molecular weight excluding hydrogens is 138 g/mol. The molecule has 0 unspecified atom stereocenters. The Morgan fingerprint density at radius 1 is 1.45 bits per heavy atom. The molecule has 0 aliphatic rings. The lowest BCUT2D eigenvalue weighted by atomic mass is 10.4. The maximum absolute atomic E-state index is 4.19. The number of aryl methyl sites for hydroxylation is 1. The van der Waals surface area contributed by atoms with Gasteiger partial charge in [0, 0.05) is 24.3 Å². The Morgan fingerprint density at radius 2 is 2.36 bits per heavy atom. The third-order valence-electron chi connectivity index (χ3n) is 1.76. The molecule has 0 aromatic carbocycles. The van der Waals surface area contributed by atoms with Gasteiger partial charge in [-0.05, 0) is 6.42 Å². The zero-order valence-electron chi connectivity index (χ0n) is 6.36. The van der Waals surface area contributed by atoms with Gasteiger partial charge in [-0.2, -0.15) is 0 Å². The van der Waals surface area contributed by atoms with Crippen LogP contribution in [0, 0.1) is 0 Å². The van der Waals surface area contributed by atoms with E-state index in [2.05, 4.69) is 16.9 Å². The second-order valence-electron chi connectivity index (χ2n) is 2.41. The molecule has 0 saturated carbocycles. The maximum atomic E-state index is 4.19. The molecule has 0 atom stereocenters. The highest BCUT2D eigenvalue weighted by Crippen LogP contribution is 2.03. The first-order valence-electron chi connectivity index (χ1n) is 3.67. The summed E-state index contributed by atoms with van der Waals surface area (Å²) >= 11 is 0. The predicted molar refractivity (Wildman–Crippen MR) is 42.4 cm³/mol. The summed E-state index contributed by atoms with van der Waals surface area (Å²) in [6.07, 6.45) is 8.36. The minimum Gasteiger partial charge on any atom is -0.301 e. The first kappa shape index (κ1) is 6.34. The van der Waals surface area contributed by atoms with Crippen molar-refractivity contribution in [2.45, 2.75) is 13.3 Å². The Balaban J connectivity index is 2.76. The quantitative estimate of drug-likeness (QED) is 0.608. The second kappa shape index (κ2) is 2.34. The summed E-state index contributed by atoms with van der Waals surface area (Å²) in [4.78, 5) is 8.17. The second-order valence-corrected chi connectivity index (χ2v) is 2.41. The number of imidazole rings is 1. The van der Waals surface area contributed by atoms with E-state index in [9.17, 15) is 0 Å². The van der Waals surface area contributed by atoms with E-state index in [1.165, 1.54) is 5.69 Å². The topological polar surface area (TPSA) is 30.2 Å². The third kappa shape index (κ3) is 0.888. The van der Waals surface area contributed by atoms with Gasteiger partial charge in [-0.1, -0.05) is 6.92 Å². The molecule has 2 rings (SSSR count). The van der Waals surface area contributed by atoms with Gasteiger partial charge in [0.05, 0.1) is 6.20 Å². The number of rotatable bonds is 1. The highest BCUT2D eigenvalue weighted by molar-refractivity contribution is 5.36. The van der Waals surface area contributed by atoms with E-state index < -0.39 is 0 Å². The largest absolute Gasteiger partial charge is 0.301 e. The zero-order chi connectivity index (χ0) is 7.68. The summed E-state index contributed by atoms with van der Waals surface area (Å²) in [5, 5.41) is 0. The normalized spacial score (nSPS) is 10.6. The van der Waals surface area contributed by atoms with Gasteiger partial charge in [0.15, 0.2) is 5.65 Å². The van der Waals surface area contributed by atoms with Crippen molar-refractivity contribution >= 4 is 5.65 Å². The van der Waals surface area contributed by atoms with Gasteiger partial charge in [0.1, 0.15) is 0 Å². The summed E-state index contributed by atoms with van der Waals surface area (Å²) in [5.41, 5.74) is 2.15. The molecule has 11 heavy (non-hydrogen) atoms. The molecule has 0 aliphatic heterocycles. The fourth-order valence-electron chi connectivity index (χ4n) is 1.16. The fourth-order valence-corrected chi connectivity index (χ4v) is 1.16. The number of hydrogen-bond donors (Lipinski definition) is 0. The van der Waals surface area contributed by atoms with E-state index in [4.69, 9.17) is 0 Å². The van der Waals surface area contributed by atoms with Crippen molar-refractivity contribution in [3.63, 3.8) is 0 Å². The fraction of sp³-hybridized carbons (Fsp3) is 0.250. The lowest BCUT2D eigenvalue weighted by Gasteiger charge is -1.94. The molecular formula is C8H9N3. The van der Waals surface area contributed by atoms with Crippen LogP contribution < -0.4 is 0 Å². The molecule has 0 saturated heterocycles. The summed E-state index contributed by atoms with van der Waals surface area (Å²) in [6.45, 7) is 2.11. The van der Waals surface area contributed by atoms with Crippen LogP contribution in [0.3, 0.4) is 0 Å². The minimum absolute atomic E-state index is 0.921. The Hall–Kier alpha value is -1.38. The van der Waals surface area contributed by atoms with E-state index in [-0.39, 0.29) is 0 Å². The Bertz CT molecular complexity index is 364. The molecule has 0 amide bonds. The highest BCUT2D eigenvalue weighted by Gasteiger charge is 1.97. The van der Waals surface area contributed by atoms with Crippen LogP contribution >= 0.6 is 0 Å². The molecule has 0 fully saturated rings. The molecule has 2 aromatic heterocycles. The molecule has 0 N–H and O–H groups in total. The van der Waals surface area contributed by atoms with Gasteiger partial charge in [-0.15, -0.1) is 0 Å². The lowest BCUT2D eigenvalue weighted by molar-refractivity contribution is 0.983. The van der Waals surface area contributed by atoms with E-state index >= 15 is 0 Å². The van der Waals surface area contributed by atoms with Crippen molar-refractivity contribution in [3.05, 3.63) is 30.5 Å². The Kier molecular flexibility index (Phi) is 1.35. The zero-order valence-corrected chi connectivity index (χ0v) is 6.36. The predicted octanol–water partition coefficient (Wildman–Crippen LogP) is 1.29. The van der Waals surface area contributed by atoms with Gasteiger partial charge in [0.25, 0.3) is 0 Å². The molecule has 0 radical (unpaired) electrons. The van der Waals surface area contributed by atoms with Crippen LogP contribution in [0.2, 0.25) is 0 Å². The summed E-state index contributed by atoms with van der Waals surface area (Å²) in [5.74, 6) is 0. The van der Waals surface area contributed by atoms with Crippen LogP contribution in [-0.4, -0.2) is 14.4 Å². The van der Waals surface area contributed by atoms with Crippen molar-refractivity contribution in [3.8, 4) is 0 Å². The lowest BCUT2D eigenvalue weighted by Crippen LogP contribution is -1.89. The first-order chi connectivity index (χ1) is 5.42. The highest BCUT2D eigenvalue weighted by atomic mass is 15.0. The van der Waals surface area contributed by atoms with E-state index in [1.807, 2.05) is 16.8 Å². The molecule has 3 heteroatoms. The number of aromatic nitrogens is 3. The van der Waals surface area contributed by atoms with Crippen LogP contribution in [0.1, 0.15) is 12.6 Å². The average molecular weight is 147 g/mol. The molecule has 0 aliphatic carbocycles. The minimum atomic E-state index is 0.921. The Morgan fingerprint density at radius 3 is 3.18 bits per heavy atom. The van der Waals surface area contributed by atoms with Crippen LogP contribution in [0.25, 0.3) is 5.65 Å². The van der Waals surface area contributed by atoms with E-state index in [1.54, 1.807) is 12.4 Å². The molecule has 56 valence electrons. The monoisotopic (exact) mass is 147 g/mol. The molecule has 3 nitrogen and oxygen atoms in total. The maximum Gasteiger partial charge on any atom is 0.155 e. The van der Waals surface area contributed by atoms with Gasteiger partial charge >= 0.3 is 0 Å². The molecule has 2 aromatic rings. The van der Waals surface area contributed by atoms with Crippen LogP contribution in [0.4, 0.5) is 0 Å². The van der Waals surface area contributed by atoms with Crippen LogP contribution in [0.15, 0.2) is 24.8 Å². The average Bonchev–Trinajstić information content (AvgIpc) is 2.47. The third-order valence-corrected chi connectivity index (χ3v) is 1.76. The van der Waals surface area contributed by atoms with Gasteiger partial charge in [0.2, 0.25) is 0 Å². The van der Waals surface area contributed by atoms with Crippen molar-refractivity contribution in [2.75, 3.05) is 0 Å².